The molecule has 94 valence electrons. The highest BCUT2D eigenvalue weighted by molar-refractivity contribution is 5.93. The molecule has 17 heavy (non-hydrogen) atoms. The lowest BCUT2D eigenvalue weighted by Gasteiger charge is -2.35. The smallest absolute Gasteiger partial charge is 0.255 e. The highest BCUT2D eigenvalue weighted by Crippen LogP contribution is 2.04. The maximum atomic E-state index is 11.9. The fraction of sp³-hybridized carbons (Fsp3) is 0.500. The molecule has 3 heteroatoms. The number of carbonyl (C=O) groups is 1. The number of quaternary nitrogens is 1. The summed E-state index contributed by atoms with van der Waals surface area (Å²) in [4.78, 5) is 11.9. The molecule has 0 aliphatic heterocycles. The van der Waals surface area contributed by atoms with Gasteiger partial charge in [0.15, 0.2) is 6.67 Å². The molecule has 0 saturated heterocycles. The van der Waals surface area contributed by atoms with Gasteiger partial charge in [0.1, 0.15) is 0 Å². The predicted octanol–water partition coefficient (Wildman–Crippen LogP) is 2.25. The van der Waals surface area contributed by atoms with Crippen molar-refractivity contribution in [3.05, 3.63) is 35.9 Å². The van der Waals surface area contributed by atoms with Gasteiger partial charge >= 0.3 is 0 Å². The normalized spacial score (nSPS) is 11.2. The van der Waals surface area contributed by atoms with Crippen LogP contribution in [0.25, 0.3) is 0 Å². The lowest BCUT2D eigenvalue weighted by molar-refractivity contribution is -0.924. The number of carbonyl (C=O) groups excluding carboxylic acids is 1. The minimum absolute atomic E-state index is 0.0171. The van der Waals surface area contributed by atoms with Crippen LogP contribution in [-0.2, 0) is 0 Å². The molecule has 0 atom stereocenters. The van der Waals surface area contributed by atoms with Crippen LogP contribution in [0.4, 0.5) is 0 Å². The summed E-state index contributed by atoms with van der Waals surface area (Å²) in [5.41, 5.74) is 0.730. The molecular weight excluding hydrogens is 212 g/mol. The quantitative estimate of drug-likeness (QED) is 0.594. The fourth-order valence-corrected chi connectivity index (χ4v) is 1.94. The van der Waals surface area contributed by atoms with E-state index in [9.17, 15) is 4.79 Å². The first-order valence-corrected chi connectivity index (χ1v) is 6.35. The van der Waals surface area contributed by atoms with Gasteiger partial charge in [-0.3, -0.25) is 4.79 Å². The third-order valence-electron chi connectivity index (χ3n) is 3.62. The monoisotopic (exact) mass is 235 g/mol. The SMILES string of the molecule is CC[N+](CC)(CC)CNC(=O)c1ccccc1. The first-order valence-electron chi connectivity index (χ1n) is 6.35. The second-order valence-corrected chi connectivity index (χ2v) is 4.32. The van der Waals surface area contributed by atoms with E-state index in [0.717, 1.165) is 29.7 Å². The minimum atomic E-state index is 0.0171. The van der Waals surface area contributed by atoms with E-state index in [0.29, 0.717) is 6.67 Å². The lowest BCUT2D eigenvalue weighted by atomic mass is 10.2. The second-order valence-electron chi connectivity index (χ2n) is 4.32. The van der Waals surface area contributed by atoms with Crippen molar-refractivity contribution >= 4 is 5.91 Å². The van der Waals surface area contributed by atoms with Gasteiger partial charge in [0, 0.05) is 5.56 Å². The minimum Gasteiger partial charge on any atom is -0.307 e. The average Bonchev–Trinajstić information content (AvgIpc) is 2.41. The number of nitrogens with one attached hydrogen (secondary N) is 1. The number of benzene rings is 1. The van der Waals surface area contributed by atoms with Crippen LogP contribution < -0.4 is 5.32 Å². The Morgan fingerprint density at radius 1 is 1.06 bits per heavy atom. The Labute approximate surface area is 104 Å². The van der Waals surface area contributed by atoms with Gasteiger partial charge in [-0.1, -0.05) is 18.2 Å². The van der Waals surface area contributed by atoms with E-state index < -0.39 is 0 Å². The molecule has 0 unspecified atom stereocenters. The molecule has 0 radical (unpaired) electrons. The van der Waals surface area contributed by atoms with Gasteiger partial charge in [-0.15, -0.1) is 0 Å². The Kier molecular flexibility index (Phi) is 5.16. The summed E-state index contributed by atoms with van der Waals surface area (Å²) in [6, 6.07) is 9.37. The van der Waals surface area contributed by atoms with Crippen molar-refractivity contribution in [2.45, 2.75) is 20.8 Å². The summed E-state index contributed by atoms with van der Waals surface area (Å²) in [6.45, 7) is 10.3. The highest BCUT2D eigenvalue weighted by Gasteiger charge is 2.21. The summed E-state index contributed by atoms with van der Waals surface area (Å²) in [5, 5.41) is 3.03. The van der Waals surface area contributed by atoms with Crippen LogP contribution in [0.1, 0.15) is 31.1 Å². The van der Waals surface area contributed by atoms with Crippen molar-refractivity contribution in [1.29, 1.82) is 0 Å². The van der Waals surface area contributed by atoms with Gasteiger partial charge in [0.05, 0.1) is 19.6 Å². The van der Waals surface area contributed by atoms with Crippen molar-refractivity contribution in [3.63, 3.8) is 0 Å². The fourth-order valence-electron chi connectivity index (χ4n) is 1.94. The molecule has 0 spiro atoms. The number of hydrogen-bond donors (Lipinski definition) is 1. The van der Waals surface area contributed by atoms with Gasteiger partial charge in [-0.25, -0.2) is 0 Å². The van der Waals surface area contributed by atoms with Gasteiger partial charge in [0.25, 0.3) is 5.91 Å². The van der Waals surface area contributed by atoms with Crippen LogP contribution in [0.5, 0.6) is 0 Å². The maximum Gasteiger partial charge on any atom is 0.255 e. The molecule has 0 saturated carbocycles. The van der Waals surface area contributed by atoms with Crippen LogP contribution in [-0.4, -0.2) is 36.7 Å². The van der Waals surface area contributed by atoms with Crippen LogP contribution in [0.3, 0.4) is 0 Å². The molecule has 1 aromatic carbocycles. The van der Waals surface area contributed by atoms with E-state index in [-0.39, 0.29) is 5.91 Å². The maximum absolute atomic E-state index is 11.9. The zero-order chi connectivity index (χ0) is 12.7. The van der Waals surface area contributed by atoms with Crippen LogP contribution in [0, 0.1) is 0 Å². The Hall–Kier alpha value is -1.35. The van der Waals surface area contributed by atoms with Crippen molar-refractivity contribution in [2.75, 3.05) is 26.3 Å². The highest BCUT2D eigenvalue weighted by atomic mass is 16.1. The van der Waals surface area contributed by atoms with E-state index in [1.807, 2.05) is 30.3 Å². The first-order chi connectivity index (χ1) is 8.17. The van der Waals surface area contributed by atoms with Crippen molar-refractivity contribution in [3.8, 4) is 0 Å². The zero-order valence-electron chi connectivity index (χ0n) is 11.1. The molecule has 1 aromatic rings. The summed E-state index contributed by atoms with van der Waals surface area (Å²) in [6.07, 6.45) is 0. The average molecular weight is 235 g/mol. The molecule has 1 amide bonds. The topological polar surface area (TPSA) is 29.1 Å². The predicted molar refractivity (Wildman–Crippen MR) is 70.7 cm³/mol. The van der Waals surface area contributed by atoms with Crippen LogP contribution in [0.15, 0.2) is 30.3 Å². The molecule has 0 aliphatic rings. The van der Waals surface area contributed by atoms with Crippen molar-refractivity contribution in [1.82, 2.24) is 5.32 Å². The van der Waals surface area contributed by atoms with Crippen molar-refractivity contribution < 1.29 is 9.28 Å². The Morgan fingerprint density at radius 2 is 1.59 bits per heavy atom. The van der Waals surface area contributed by atoms with E-state index >= 15 is 0 Å². The lowest BCUT2D eigenvalue weighted by Crippen LogP contribution is -2.54. The number of amides is 1. The van der Waals surface area contributed by atoms with E-state index in [1.165, 1.54) is 0 Å². The standard InChI is InChI=1S/C14H22N2O/c1-4-16(5-2,6-3)12-15-14(17)13-10-8-7-9-11-13/h7-11H,4-6,12H2,1-3H3/p+1. The Balaban J connectivity index is 2.59. The molecule has 1 N–H and O–H groups in total. The number of rotatable bonds is 6. The van der Waals surface area contributed by atoms with Gasteiger partial charge < -0.3 is 9.80 Å². The third kappa shape index (κ3) is 3.56. The summed E-state index contributed by atoms with van der Waals surface area (Å²) in [7, 11) is 0. The van der Waals surface area contributed by atoms with Crippen molar-refractivity contribution in [2.24, 2.45) is 0 Å². The summed E-state index contributed by atoms with van der Waals surface area (Å²) in [5.74, 6) is 0.0171. The molecular formula is C14H23N2O+. The summed E-state index contributed by atoms with van der Waals surface area (Å²) < 4.78 is 0.929. The third-order valence-corrected chi connectivity index (χ3v) is 3.62. The number of hydrogen-bond acceptors (Lipinski definition) is 1. The van der Waals surface area contributed by atoms with E-state index in [1.54, 1.807) is 0 Å². The molecule has 0 aromatic heterocycles. The molecule has 0 heterocycles. The van der Waals surface area contributed by atoms with Gasteiger partial charge in [-0.2, -0.15) is 0 Å². The molecule has 0 fully saturated rings. The second kappa shape index (κ2) is 6.40. The van der Waals surface area contributed by atoms with Gasteiger partial charge in [-0.05, 0) is 32.9 Å². The Morgan fingerprint density at radius 3 is 2.06 bits per heavy atom. The molecule has 1 rings (SSSR count). The Bertz CT molecular complexity index is 336. The van der Waals surface area contributed by atoms with Crippen LogP contribution in [0.2, 0.25) is 0 Å². The summed E-state index contributed by atoms with van der Waals surface area (Å²) >= 11 is 0. The molecule has 0 bridgehead atoms. The largest absolute Gasteiger partial charge is 0.307 e. The number of nitrogens with zero attached hydrogens (tertiary/aromatic N) is 1. The zero-order valence-corrected chi connectivity index (χ0v) is 11.1. The van der Waals surface area contributed by atoms with Crippen LogP contribution >= 0.6 is 0 Å². The molecule has 0 aliphatic carbocycles. The van der Waals surface area contributed by atoms with E-state index in [4.69, 9.17) is 0 Å². The van der Waals surface area contributed by atoms with E-state index in [2.05, 4.69) is 26.1 Å². The van der Waals surface area contributed by atoms with Gasteiger partial charge in [0.2, 0.25) is 0 Å². The molecule has 3 nitrogen and oxygen atoms in total. The first kappa shape index (κ1) is 13.7.